The topological polar surface area (TPSA) is 119 Å². The number of aliphatic hydroxyl groups is 1. The number of benzene rings is 1. The van der Waals surface area contributed by atoms with E-state index in [1.54, 1.807) is 12.3 Å². The third kappa shape index (κ3) is 5.63. The van der Waals surface area contributed by atoms with Crippen LogP contribution in [0.15, 0.2) is 52.3 Å². The Hall–Kier alpha value is -3.17. The molecule has 8 nitrogen and oxygen atoms in total. The molecule has 1 aromatic carbocycles. The van der Waals surface area contributed by atoms with Crippen molar-refractivity contribution in [2.75, 3.05) is 18.2 Å². The summed E-state index contributed by atoms with van der Waals surface area (Å²) in [4.78, 5) is 17.3. The van der Waals surface area contributed by atoms with Gasteiger partial charge in [-0.25, -0.2) is 13.4 Å². The fourth-order valence-electron chi connectivity index (χ4n) is 4.30. The quantitative estimate of drug-likeness (QED) is 0.422. The molecule has 4 rings (SSSR count). The van der Waals surface area contributed by atoms with Gasteiger partial charge >= 0.3 is 0 Å². The molecule has 2 N–H and O–H groups in total. The first-order valence-corrected chi connectivity index (χ1v) is 13.5. The summed E-state index contributed by atoms with van der Waals surface area (Å²) in [6.45, 7) is 7.18. The van der Waals surface area contributed by atoms with Gasteiger partial charge in [-0.05, 0) is 68.7 Å². The average Bonchev–Trinajstić information content (AvgIpc) is 3.52. The monoisotopic (exact) mass is 512 g/mol. The van der Waals surface area contributed by atoms with E-state index in [1.807, 2.05) is 19.1 Å². The van der Waals surface area contributed by atoms with E-state index in [-0.39, 0.29) is 11.0 Å². The van der Waals surface area contributed by atoms with Crippen LogP contribution in [0.5, 0.6) is 5.88 Å². The van der Waals surface area contributed by atoms with Gasteiger partial charge in [0.1, 0.15) is 5.75 Å². The number of nitrogens with one attached hydrogen (secondary N) is 1. The first-order valence-electron chi connectivity index (χ1n) is 11.9. The van der Waals surface area contributed by atoms with Crippen LogP contribution in [0, 0.1) is 12.8 Å². The maximum atomic E-state index is 13.1. The third-order valence-electron chi connectivity index (χ3n) is 6.56. The van der Waals surface area contributed by atoms with Gasteiger partial charge in [-0.3, -0.25) is 4.79 Å². The zero-order valence-electron chi connectivity index (χ0n) is 21.2. The van der Waals surface area contributed by atoms with E-state index in [4.69, 9.17) is 9.15 Å². The van der Waals surface area contributed by atoms with Gasteiger partial charge in [0.2, 0.25) is 26.7 Å². The number of anilines is 1. The van der Waals surface area contributed by atoms with Crippen molar-refractivity contribution in [3.63, 3.8) is 0 Å². The van der Waals surface area contributed by atoms with Crippen LogP contribution in [0.3, 0.4) is 0 Å². The molecule has 0 saturated heterocycles. The van der Waals surface area contributed by atoms with Crippen molar-refractivity contribution >= 4 is 21.4 Å². The fourth-order valence-corrected chi connectivity index (χ4v) is 5.36. The van der Waals surface area contributed by atoms with Gasteiger partial charge in [0.25, 0.3) is 0 Å². The molecule has 1 amide bonds. The molecule has 9 heteroatoms. The number of hydrogen-bond donors (Lipinski definition) is 2. The number of sulfone groups is 1. The van der Waals surface area contributed by atoms with Gasteiger partial charge in [-0.2, -0.15) is 0 Å². The lowest BCUT2D eigenvalue weighted by atomic mass is 9.89. The Kier molecular flexibility index (Phi) is 6.99. The lowest BCUT2D eigenvalue weighted by Crippen LogP contribution is -2.24. The summed E-state index contributed by atoms with van der Waals surface area (Å²) >= 11 is 0. The van der Waals surface area contributed by atoms with Crippen molar-refractivity contribution in [2.45, 2.75) is 57.1 Å². The number of hydrogen-bond acceptors (Lipinski definition) is 7. The Morgan fingerprint density at radius 1 is 1.28 bits per heavy atom. The highest BCUT2D eigenvalue weighted by molar-refractivity contribution is 7.92. The minimum absolute atomic E-state index is 0.193. The van der Waals surface area contributed by atoms with E-state index >= 15 is 0 Å². The second-order valence-corrected chi connectivity index (χ2v) is 11.9. The van der Waals surface area contributed by atoms with Crippen LogP contribution in [-0.4, -0.2) is 37.3 Å². The minimum atomic E-state index is -4.07. The number of rotatable bonds is 9. The molecule has 2 aromatic heterocycles. The summed E-state index contributed by atoms with van der Waals surface area (Å²) < 4.78 is 36.4. The Bertz CT molecular complexity index is 1380. The predicted octanol–water partition coefficient (Wildman–Crippen LogP) is 4.81. The zero-order valence-corrected chi connectivity index (χ0v) is 22.0. The first kappa shape index (κ1) is 25.9. The smallest absolute Gasteiger partial charge is 0.240 e. The molecule has 2 heterocycles. The predicted molar refractivity (Wildman–Crippen MR) is 137 cm³/mol. The van der Waals surface area contributed by atoms with E-state index in [0.717, 1.165) is 35.1 Å². The van der Waals surface area contributed by atoms with Crippen molar-refractivity contribution < 1.29 is 27.5 Å². The van der Waals surface area contributed by atoms with Gasteiger partial charge in [-0.1, -0.05) is 18.6 Å². The number of furan rings is 1. The Labute approximate surface area is 211 Å². The van der Waals surface area contributed by atoms with Gasteiger partial charge in [0.15, 0.2) is 0 Å². The van der Waals surface area contributed by atoms with Gasteiger partial charge < -0.3 is 19.6 Å². The van der Waals surface area contributed by atoms with Crippen LogP contribution in [0.2, 0.25) is 0 Å². The minimum Gasteiger partial charge on any atom is -0.481 e. The first-order chi connectivity index (χ1) is 16.9. The van der Waals surface area contributed by atoms with Crippen molar-refractivity contribution in [1.29, 1.82) is 0 Å². The Morgan fingerprint density at radius 2 is 2.00 bits per heavy atom. The molecule has 3 aromatic rings. The summed E-state index contributed by atoms with van der Waals surface area (Å²) in [5.41, 5.74) is 3.20. The lowest BCUT2D eigenvalue weighted by Gasteiger charge is -2.22. The number of carbonyl (C=O) groups is 1. The summed E-state index contributed by atoms with van der Waals surface area (Å²) in [6.07, 6.45) is 5.07. The molecule has 36 heavy (non-hydrogen) atoms. The molecule has 1 saturated carbocycles. The summed E-state index contributed by atoms with van der Waals surface area (Å²) in [7, 11) is -2.54. The second kappa shape index (κ2) is 9.71. The van der Waals surface area contributed by atoms with Gasteiger partial charge in [0.05, 0.1) is 24.7 Å². The SMILES string of the molecule is COc1cc(-c2cc(C)cc(C(C)C3CC3)c2NC(=O)CS(=O)(=O)c2cc(C(C)(C)O)co2)ccn1. The lowest BCUT2D eigenvalue weighted by molar-refractivity contribution is -0.113. The number of nitrogens with zero attached hydrogens (tertiary/aromatic N) is 1. The molecule has 1 atom stereocenters. The van der Waals surface area contributed by atoms with Crippen molar-refractivity contribution in [3.05, 3.63) is 59.5 Å². The normalized spacial score (nSPS) is 14.9. The number of aryl methyl sites for hydroxylation is 1. The maximum absolute atomic E-state index is 13.1. The third-order valence-corrected chi connectivity index (χ3v) is 8.03. The second-order valence-electron chi connectivity index (χ2n) is 10.0. The van der Waals surface area contributed by atoms with E-state index in [9.17, 15) is 18.3 Å². The molecule has 0 spiro atoms. The summed E-state index contributed by atoms with van der Waals surface area (Å²) in [5.74, 6) is -0.318. The summed E-state index contributed by atoms with van der Waals surface area (Å²) in [6, 6.07) is 8.88. The van der Waals surface area contributed by atoms with Crippen molar-refractivity contribution in [1.82, 2.24) is 4.98 Å². The Balaban J connectivity index is 1.70. The Morgan fingerprint density at radius 3 is 2.61 bits per heavy atom. The van der Waals surface area contributed by atoms with E-state index in [0.29, 0.717) is 23.0 Å². The van der Waals surface area contributed by atoms with Crippen LogP contribution in [0.1, 0.15) is 56.2 Å². The number of ether oxygens (including phenoxy) is 1. The van der Waals surface area contributed by atoms with Crippen LogP contribution in [0.4, 0.5) is 5.69 Å². The fraction of sp³-hybridized carbons (Fsp3) is 0.407. The standard InChI is InChI=1S/C27H32N2O6S/c1-16-10-21(17(2)18-6-7-18)26(22(11-16)19-8-9-28-24(12-19)34-5)29-23(30)15-36(32,33)25-13-20(14-35-25)27(3,4)31/h8-14,17-18,31H,6-7,15H2,1-5H3,(H,29,30). The number of pyridine rings is 1. The van der Waals surface area contributed by atoms with Crippen molar-refractivity contribution in [3.8, 4) is 17.0 Å². The number of methoxy groups -OCH3 is 1. The zero-order chi connectivity index (χ0) is 26.3. The molecule has 1 aliphatic rings. The molecule has 0 bridgehead atoms. The van der Waals surface area contributed by atoms with Gasteiger partial charge in [0, 0.05) is 29.5 Å². The average molecular weight is 513 g/mol. The maximum Gasteiger partial charge on any atom is 0.240 e. The summed E-state index contributed by atoms with van der Waals surface area (Å²) in [5, 5.41) is 12.7. The largest absolute Gasteiger partial charge is 0.481 e. The molecular formula is C27H32N2O6S. The van der Waals surface area contributed by atoms with Crippen molar-refractivity contribution in [2.24, 2.45) is 5.92 Å². The molecule has 1 aliphatic carbocycles. The molecule has 1 unspecified atom stereocenters. The van der Waals surface area contributed by atoms with Crippen LogP contribution in [-0.2, 0) is 20.2 Å². The highest BCUT2D eigenvalue weighted by atomic mass is 32.2. The van der Waals surface area contributed by atoms with Crippen LogP contribution >= 0.6 is 0 Å². The van der Waals surface area contributed by atoms with E-state index in [1.165, 1.54) is 33.3 Å². The van der Waals surface area contributed by atoms with Gasteiger partial charge in [-0.15, -0.1) is 0 Å². The highest BCUT2D eigenvalue weighted by Gasteiger charge is 2.32. The van der Waals surface area contributed by atoms with Crippen LogP contribution in [0.25, 0.3) is 11.1 Å². The molecule has 0 radical (unpaired) electrons. The number of carbonyl (C=O) groups excluding carboxylic acids is 1. The number of aromatic nitrogens is 1. The molecule has 0 aliphatic heterocycles. The molecular weight excluding hydrogens is 480 g/mol. The van der Waals surface area contributed by atoms with E-state index < -0.39 is 27.1 Å². The number of amides is 1. The van der Waals surface area contributed by atoms with E-state index in [2.05, 4.69) is 23.3 Å². The molecule has 1 fully saturated rings. The molecule has 192 valence electrons. The van der Waals surface area contributed by atoms with Crippen LogP contribution < -0.4 is 10.1 Å². The highest BCUT2D eigenvalue weighted by Crippen LogP contribution is 2.47.